The number of ketones is 2. The maximum Gasteiger partial charge on any atom is 0.184 e. The van der Waals surface area contributed by atoms with Gasteiger partial charge in [-0.25, -0.2) is 9.36 Å². The zero-order valence-electron chi connectivity index (χ0n) is 40.8. The molecule has 0 radical (unpaired) electrons. The first-order valence-electron chi connectivity index (χ1n) is 23.2. The van der Waals surface area contributed by atoms with Gasteiger partial charge in [0.2, 0.25) is 0 Å². The van der Waals surface area contributed by atoms with E-state index < -0.39 is 23.2 Å². The van der Waals surface area contributed by atoms with E-state index in [2.05, 4.69) is 32.8 Å². The third-order valence-corrected chi connectivity index (χ3v) is 13.2. The van der Waals surface area contributed by atoms with Crippen molar-refractivity contribution in [1.82, 2.24) is 30.0 Å². The number of hydrogen-bond donors (Lipinski definition) is 2. The molecular weight excluding hydrogens is 893 g/mol. The highest BCUT2D eigenvalue weighted by molar-refractivity contribution is 5.96. The minimum absolute atomic E-state index is 0.00784. The first kappa shape index (κ1) is 49.1. The Morgan fingerprint density at radius 2 is 1.23 bits per heavy atom. The number of rotatable bonds is 19. The van der Waals surface area contributed by atoms with Gasteiger partial charge in [-0.3, -0.25) is 9.59 Å². The quantitative estimate of drug-likeness (QED) is 0.0452. The number of hydrogen-bond acceptors (Lipinski definition) is 14. The Kier molecular flexibility index (Phi) is 14.6. The van der Waals surface area contributed by atoms with Crippen LogP contribution in [0.2, 0.25) is 0 Å². The van der Waals surface area contributed by atoms with Gasteiger partial charge in [-0.15, -0.1) is 10.2 Å². The molecule has 16 heteroatoms. The van der Waals surface area contributed by atoms with E-state index in [1.165, 1.54) is 9.36 Å². The molecule has 0 amide bonds. The Morgan fingerprint density at radius 3 is 1.71 bits per heavy atom. The highest BCUT2D eigenvalue weighted by Crippen LogP contribution is 2.55. The summed E-state index contributed by atoms with van der Waals surface area (Å²) in [6.45, 7) is 10.1. The lowest BCUT2D eigenvalue weighted by molar-refractivity contribution is -0.187. The van der Waals surface area contributed by atoms with E-state index in [1.54, 1.807) is 82.3 Å². The fraction of sp³-hybridized carbons (Fsp3) is 0.370. The number of aromatic nitrogens is 6. The molecule has 1 saturated carbocycles. The summed E-state index contributed by atoms with van der Waals surface area (Å²) in [6, 6.07) is 21.7. The summed E-state index contributed by atoms with van der Waals surface area (Å²) < 4.78 is 39.2. The number of nitrogens with zero attached hydrogens (tertiary/aromatic N) is 6. The van der Waals surface area contributed by atoms with Crippen molar-refractivity contribution >= 4 is 23.7 Å². The molecule has 4 atom stereocenters. The molecule has 6 aromatic rings. The summed E-state index contributed by atoms with van der Waals surface area (Å²) in [5.41, 5.74) is 5.21. The van der Waals surface area contributed by atoms with Crippen LogP contribution in [0.25, 0.3) is 12.2 Å². The van der Waals surface area contributed by atoms with Crippen molar-refractivity contribution in [2.75, 3.05) is 21.3 Å². The summed E-state index contributed by atoms with van der Waals surface area (Å²) in [4.78, 5) is 26.2. The van der Waals surface area contributed by atoms with Gasteiger partial charge in [-0.1, -0.05) is 48.1 Å². The summed E-state index contributed by atoms with van der Waals surface area (Å²) in [7, 11) is 4.76. The van der Waals surface area contributed by atoms with Crippen molar-refractivity contribution in [3.63, 3.8) is 0 Å². The van der Waals surface area contributed by atoms with Crippen LogP contribution in [0.5, 0.6) is 34.5 Å². The van der Waals surface area contributed by atoms with E-state index in [-0.39, 0.29) is 43.8 Å². The van der Waals surface area contributed by atoms with Gasteiger partial charge in [0, 0.05) is 34.4 Å². The van der Waals surface area contributed by atoms with E-state index in [1.807, 2.05) is 65.0 Å². The van der Waals surface area contributed by atoms with Crippen LogP contribution in [-0.2, 0) is 39.1 Å². The average Bonchev–Trinajstić information content (AvgIpc) is 4.01. The number of methoxy groups -OCH3 is 3. The number of aliphatic hydroxyl groups excluding tert-OH is 2. The number of carbonyl (C=O) groups excluding carboxylic acids is 2. The molecule has 0 unspecified atom stereocenters. The number of ether oxygens (including phenoxy) is 6. The molecule has 70 heavy (non-hydrogen) atoms. The van der Waals surface area contributed by atoms with Crippen molar-refractivity contribution in [3.8, 4) is 34.5 Å². The largest absolute Gasteiger partial charge is 0.497 e. The van der Waals surface area contributed by atoms with Gasteiger partial charge in [0.1, 0.15) is 66.3 Å². The lowest BCUT2D eigenvalue weighted by Gasteiger charge is -2.56. The summed E-state index contributed by atoms with van der Waals surface area (Å²) in [5.74, 6) is 3.27. The fourth-order valence-corrected chi connectivity index (χ4v) is 9.39. The Balaban J connectivity index is 1.08. The Labute approximate surface area is 407 Å². The molecule has 0 saturated heterocycles. The summed E-state index contributed by atoms with van der Waals surface area (Å²) >= 11 is 0. The number of Topliss-reactive ketones (excluding diaryl/α,β-unsaturated/α-hetero) is 2. The van der Waals surface area contributed by atoms with Crippen molar-refractivity contribution in [2.45, 2.75) is 98.0 Å². The molecule has 0 spiro atoms. The number of carbonyl (C=O) groups is 2. The summed E-state index contributed by atoms with van der Waals surface area (Å²) in [6.07, 6.45) is 9.01. The smallest absolute Gasteiger partial charge is 0.184 e. The average molecular weight is 953 g/mol. The molecule has 4 aromatic carbocycles. The van der Waals surface area contributed by atoms with Crippen LogP contribution in [0.15, 0.2) is 96.8 Å². The predicted molar refractivity (Wildman–Crippen MR) is 261 cm³/mol. The Morgan fingerprint density at radius 1 is 0.729 bits per heavy atom. The van der Waals surface area contributed by atoms with E-state index in [0.29, 0.717) is 76.3 Å². The number of fused-ring (bicyclic) bond motifs is 2. The van der Waals surface area contributed by atoms with Crippen molar-refractivity contribution < 1.29 is 48.2 Å². The van der Waals surface area contributed by atoms with Gasteiger partial charge in [0.15, 0.2) is 23.1 Å². The highest BCUT2D eigenvalue weighted by Gasteiger charge is 2.58. The van der Waals surface area contributed by atoms with E-state index in [0.717, 1.165) is 27.8 Å². The van der Waals surface area contributed by atoms with Gasteiger partial charge < -0.3 is 38.6 Å². The SMILES string of the molecule is COc1ccc(C(=O)Cn2cc(COc3cc(/C=C/c4cc5c(c(OC)c4)O[C@]4(C)C[C@@H](O)[C@@H](O)C(C)(C)[C@H]4C5)cc(OCc4cn(CC(=O)c5ccc(OC)cc5)nn4)c3CC=C(C)C)nn2)cc1. The number of benzene rings is 4. The predicted octanol–water partition coefficient (Wildman–Crippen LogP) is 7.96. The van der Waals surface area contributed by atoms with E-state index in [4.69, 9.17) is 28.4 Å². The topological polar surface area (TPSA) is 191 Å². The van der Waals surface area contributed by atoms with Gasteiger partial charge in [0.25, 0.3) is 0 Å². The molecule has 16 nitrogen and oxygen atoms in total. The number of allylic oxidation sites excluding steroid dienone is 2. The van der Waals surface area contributed by atoms with Crippen molar-refractivity contribution in [2.24, 2.45) is 11.3 Å². The molecule has 2 N–H and O–H groups in total. The third kappa shape index (κ3) is 10.9. The van der Waals surface area contributed by atoms with Gasteiger partial charge >= 0.3 is 0 Å². The maximum atomic E-state index is 13.1. The second-order valence-electron chi connectivity index (χ2n) is 18.9. The molecule has 1 fully saturated rings. The second-order valence-corrected chi connectivity index (χ2v) is 18.9. The zero-order valence-corrected chi connectivity index (χ0v) is 40.8. The van der Waals surface area contributed by atoms with Gasteiger partial charge in [-0.05, 0) is 123 Å². The van der Waals surface area contributed by atoms with Crippen LogP contribution >= 0.6 is 0 Å². The van der Waals surface area contributed by atoms with Crippen molar-refractivity contribution in [3.05, 3.63) is 142 Å². The molecule has 3 heterocycles. The normalized spacial score (nSPS) is 19.1. The molecular formula is C54H60N6O10. The van der Waals surface area contributed by atoms with Crippen LogP contribution in [-0.4, -0.2) is 90.9 Å². The number of aliphatic hydroxyl groups is 2. The van der Waals surface area contributed by atoms with Gasteiger partial charge in [0.05, 0.1) is 45.9 Å². The van der Waals surface area contributed by atoms with Crippen LogP contribution in [0.1, 0.15) is 95.4 Å². The zero-order chi connectivity index (χ0) is 49.7. The Hall–Kier alpha value is -7.30. The molecule has 8 rings (SSSR count). The first-order chi connectivity index (χ1) is 33.5. The fourth-order valence-electron chi connectivity index (χ4n) is 9.39. The Bertz CT molecular complexity index is 2770. The monoisotopic (exact) mass is 952 g/mol. The molecule has 1 aliphatic carbocycles. The van der Waals surface area contributed by atoms with E-state index in [9.17, 15) is 19.8 Å². The van der Waals surface area contributed by atoms with Crippen LogP contribution in [0, 0.1) is 11.3 Å². The van der Waals surface area contributed by atoms with Crippen LogP contribution < -0.4 is 28.4 Å². The van der Waals surface area contributed by atoms with Crippen molar-refractivity contribution in [1.29, 1.82) is 0 Å². The van der Waals surface area contributed by atoms with Crippen LogP contribution in [0.4, 0.5) is 0 Å². The minimum atomic E-state index is -0.909. The third-order valence-electron chi connectivity index (χ3n) is 13.2. The second kappa shape index (κ2) is 20.7. The minimum Gasteiger partial charge on any atom is -0.497 e. The summed E-state index contributed by atoms with van der Waals surface area (Å²) in [5, 5.41) is 39.0. The highest BCUT2D eigenvalue weighted by atomic mass is 16.5. The molecule has 366 valence electrons. The van der Waals surface area contributed by atoms with Crippen LogP contribution in [0.3, 0.4) is 0 Å². The lowest BCUT2D eigenvalue weighted by Crippen LogP contribution is -2.63. The standard InChI is InChI=1S/C54H60N6O10/c1-33(2)9-20-43-47(68-31-39-27-59(57-55-39)29-45(62)36-12-16-41(65-6)17-13-36)22-35(23-48(43)69-32-40-28-60(58-56-40)30-46(63)37-14-18-42(66-7)19-15-37)11-10-34-21-38-25-50-53(3,4)52(64)44(61)26-54(50,5)70-51(38)49(24-34)67-8/h9-19,21-24,27-28,44,50,52,61,64H,20,25-26,29-32H2,1-8H3/b11-10+/t44-,50-,52-,54-/m1/s1. The lowest BCUT2D eigenvalue weighted by atomic mass is 9.57. The molecule has 1 aliphatic heterocycles. The van der Waals surface area contributed by atoms with Gasteiger partial charge in [-0.2, -0.15) is 0 Å². The molecule has 2 aliphatic rings. The molecule has 0 bridgehead atoms. The van der Waals surface area contributed by atoms with E-state index >= 15 is 0 Å². The maximum absolute atomic E-state index is 13.1. The first-order valence-corrected chi connectivity index (χ1v) is 23.2. The molecule has 2 aromatic heterocycles.